The SMILES string of the molecule is CCCC(C)CNCCOCC(C)C. The molecule has 0 saturated heterocycles. The Labute approximate surface area is 89.4 Å². The molecule has 0 fully saturated rings. The highest BCUT2D eigenvalue weighted by Gasteiger charge is 1.99. The van der Waals surface area contributed by atoms with E-state index in [0.717, 1.165) is 32.2 Å². The van der Waals surface area contributed by atoms with Crippen LogP contribution in [-0.4, -0.2) is 26.3 Å². The summed E-state index contributed by atoms with van der Waals surface area (Å²) in [5.41, 5.74) is 0. The van der Waals surface area contributed by atoms with E-state index in [1.54, 1.807) is 0 Å². The minimum absolute atomic E-state index is 0.647. The Hall–Kier alpha value is -0.0800. The Balaban J connectivity index is 3.05. The van der Waals surface area contributed by atoms with Gasteiger partial charge < -0.3 is 10.1 Å². The third-order valence-electron chi connectivity index (χ3n) is 2.15. The van der Waals surface area contributed by atoms with Crippen molar-refractivity contribution in [2.45, 2.75) is 40.5 Å². The molecule has 0 aromatic carbocycles. The van der Waals surface area contributed by atoms with Crippen LogP contribution < -0.4 is 5.32 Å². The molecule has 1 atom stereocenters. The molecule has 0 aromatic rings. The van der Waals surface area contributed by atoms with E-state index in [1.807, 2.05) is 0 Å². The smallest absolute Gasteiger partial charge is 0.0591 e. The van der Waals surface area contributed by atoms with Crippen molar-refractivity contribution < 1.29 is 4.74 Å². The van der Waals surface area contributed by atoms with Gasteiger partial charge in [0.25, 0.3) is 0 Å². The van der Waals surface area contributed by atoms with Gasteiger partial charge in [-0.3, -0.25) is 0 Å². The van der Waals surface area contributed by atoms with Crippen LogP contribution in [0.3, 0.4) is 0 Å². The zero-order valence-corrected chi connectivity index (χ0v) is 10.3. The van der Waals surface area contributed by atoms with Gasteiger partial charge in [0.1, 0.15) is 0 Å². The number of hydrogen-bond donors (Lipinski definition) is 1. The molecule has 0 heterocycles. The highest BCUT2D eigenvalue weighted by atomic mass is 16.5. The maximum atomic E-state index is 5.47. The van der Waals surface area contributed by atoms with Gasteiger partial charge in [-0.2, -0.15) is 0 Å². The molecule has 0 spiro atoms. The molecule has 0 aromatic heterocycles. The van der Waals surface area contributed by atoms with Crippen molar-refractivity contribution in [3.8, 4) is 0 Å². The predicted molar refractivity (Wildman–Crippen MR) is 62.6 cm³/mol. The van der Waals surface area contributed by atoms with E-state index in [1.165, 1.54) is 12.8 Å². The maximum absolute atomic E-state index is 5.47. The van der Waals surface area contributed by atoms with Crippen LogP contribution in [-0.2, 0) is 4.74 Å². The molecule has 1 N–H and O–H groups in total. The van der Waals surface area contributed by atoms with Crippen LogP contribution in [0.4, 0.5) is 0 Å². The molecule has 2 nitrogen and oxygen atoms in total. The number of hydrogen-bond acceptors (Lipinski definition) is 2. The topological polar surface area (TPSA) is 21.3 Å². The standard InChI is InChI=1S/C12H27NO/c1-5-6-12(4)9-13-7-8-14-10-11(2)3/h11-13H,5-10H2,1-4H3. The van der Waals surface area contributed by atoms with Crippen molar-refractivity contribution in [1.82, 2.24) is 5.32 Å². The largest absolute Gasteiger partial charge is 0.380 e. The van der Waals surface area contributed by atoms with E-state index in [2.05, 4.69) is 33.0 Å². The molecule has 0 aliphatic carbocycles. The average molecular weight is 201 g/mol. The fourth-order valence-electron chi connectivity index (χ4n) is 1.41. The van der Waals surface area contributed by atoms with Crippen LogP contribution in [0.2, 0.25) is 0 Å². The van der Waals surface area contributed by atoms with Crippen molar-refractivity contribution >= 4 is 0 Å². The van der Waals surface area contributed by atoms with Crippen molar-refractivity contribution in [2.24, 2.45) is 11.8 Å². The lowest BCUT2D eigenvalue weighted by molar-refractivity contribution is 0.111. The van der Waals surface area contributed by atoms with Gasteiger partial charge in [-0.1, -0.05) is 34.1 Å². The van der Waals surface area contributed by atoms with Gasteiger partial charge in [0, 0.05) is 13.2 Å². The molecule has 0 aliphatic heterocycles. The third-order valence-corrected chi connectivity index (χ3v) is 2.15. The summed E-state index contributed by atoms with van der Waals surface area (Å²) in [6.45, 7) is 12.7. The first-order valence-electron chi connectivity index (χ1n) is 5.95. The van der Waals surface area contributed by atoms with E-state index in [0.29, 0.717) is 5.92 Å². The highest BCUT2D eigenvalue weighted by molar-refractivity contribution is 4.55. The van der Waals surface area contributed by atoms with E-state index in [4.69, 9.17) is 4.74 Å². The van der Waals surface area contributed by atoms with Crippen molar-refractivity contribution in [1.29, 1.82) is 0 Å². The number of nitrogens with one attached hydrogen (secondary N) is 1. The zero-order chi connectivity index (χ0) is 10.8. The summed E-state index contributed by atoms with van der Waals surface area (Å²) in [4.78, 5) is 0. The fourth-order valence-corrected chi connectivity index (χ4v) is 1.41. The molecule has 0 radical (unpaired) electrons. The first-order valence-corrected chi connectivity index (χ1v) is 5.95. The molecule has 1 unspecified atom stereocenters. The monoisotopic (exact) mass is 201 g/mol. The van der Waals surface area contributed by atoms with Crippen molar-refractivity contribution in [2.75, 3.05) is 26.3 Å². The van der Waals surface area contributed by atoms with E-state index < -0.39 is 0 Å². The number of ether oxygens (including phenoxy) is 1. The second-order valence-electron chi connectivity index (χ2n) is 4.57. The van der Waals surface area contributed by atoms with Gasteiger partial charge in [0.05, 0.1) is 6.61 Å². The van der Waals surface area contributed by atoms with Crippen LogP contribution in [0.25, 0.3) is 0 Å². The van der Waals surface area contributed by atoms with Crippen LogP contribution in [0.1, 0.15) is 40.5 Å². The Morgan fingerprint density at radius 2 is 1.93 bits per heavy atom. The molecule has 0 rings (SSSR count). The van der Waals surface area contributed by atoms with E-state index >= 15 is 0 Å². The highest BCUT2D eigenvalue weighted by Crippen LogP contribution is 2.02. The summed E-state index contributed by atoms with van der Waals surface area (Å²) in [5, 5.41) is 3.42. The molecule has 14 heavy (non-hydrogen) atoms. The van der Waals surface area contributed by atoms with Gasteiger partial charge in [-0.15, -0.1) is 0 Å². The van der Waals surface area contributed by atoms with Crippen molar-refractivity contribution in [3.05, 3.63) is 0 Å². The molecule has 0 bridgehead atoms. The van der Waals surface area contributed by atoms with Gasteiger partial charge >= 0.3 is 0 Å². The third kappa shape index (κ3) is 10.0. The Kier molecular flexibility index (Phi) is 9.42. The van der Waals surface area contributed by atoms with Crippen LogP contribution in [0, 0.1) is 11.8 Å². The summed E-state index contributed by atoms with van der Waals surface area (Å²) in [6.07, 6.45) is 2.60. The quantitative estimate of drug-likeness (QED) is 0.579. The van der Waals surface area contributed by atoms with E-state index in [9.17, 15) is 0 Å². The number of rotatable bonds is 9. The average Bonchev–Trinajstić information content (AvgIpc) is 2.11. The first-order chi connectivity index (χ1) is 6.66. The molecule has 0 aliphatic rings. The van der Waals surface area contributed by atoms with Gasteiger partial charge in [0.2, 0.25) is 0 Å². The summed E-state index contributed by atoms with van der Waals surface area (Å²) in [7, 11) is 0. The Bertz CT molecular complexity index is 115. The fraction of sp³-hybridized carbons (Fsp3) is 1.00. The minimum Gasteiger partial charge on any atom is -0.380 e. The predicted octanol–water partition coefficient (Wildman–Crippen LogP) is 2.68. The molecule has 0 amide bonds. The first kappa shape index (κ1) is 13.9. The summed E-state index contributed by atoms with van der Waals surface area (Å²) in [6, 6.07) is 0. The van der Waals surface area contributed by atoms with Gasteiger partial charge in [0.15, 0.2) is 0 Å². The van der Waals surface area contributed by atoms with Gasteiger partial charge in [-0.05, 0) is 24.8 Å². The lowest BCUT2D eigenvalue weighted by atomic mass is 10.1. The zero-order valence-electron chi connectivity index (χ0n) is 10.3. The van der Waals surface area contributed by atoms with Crippen LogP contribution >= 0.6 is 0 Å². The van der Waals surface area contributed by atoms with Crippen LogP contribution in [0.5, 0.6) is 0 Å². The Morgan fingerprint density at radius 3 is 2.50 bits per heavy atom. The lowest BCUT2D eigenvalue weighted by Gasteiger charge is -2.12. The summed E-state index contributed by atoms with van der Waals surface area (Å²) < 4.78 is 5.47. The Morgan fingerprint density at radius 1 is 1.21 bits per heavy atom. The van der Waals surface area contributed by atoms with E-state index in [-0.39, 0.29) is 0 Å². The second kappa shape index (κ2) is 9.47. The minimum atomic E-state index is 0.647. The molecule has 2 heteroatoms. The lowest BCUT2D eigenvalue weighted by Crippen LogP contribution is -2.25. The van der Waals surface area contributed by atoms with Gasteiger partial charge in [-0.25, -0.2) is 0 Å². The maximum Gasteiger partial charge on any atom is 0.0591 e. The second-order valence-corrected chi connectivity index (χ2v) is 4.57. The van der Waals surface area contributed by atoms with Crippen molar-refractivity contribution in [3.63, 3.8) is 0 Å². The normalized spacial score (nSPS) is 13.5. The molecular weight excluding hydrogens is 174 g/mol. The summed E-state index contributed by atoms with van der Waals surface area (Å²) in [5.74, 6) is 1.44. The molecule has 86 valence electrons. The molecule has 0 saturated carbocycles. The van der Waals surface area contributed by atoms with Crippen LogP contribution in [0.15, 0.2) is 0 Å². The summed E-state index contributed by atoms with van der Waals surface area (Å²) >= 11 is 0. The molecular formula is C12H27NO.